The Hall–Kier alpha value is -3.26. The molecule has 0 saturated carbocycles. The van der Waals surface area contributed by atoms with Crippen molar-refractivity contribution in [3.8, 4) is 22.3 Å². The van der Waals surface area contributed by atoms with E-state index >= 15 is 0 Å². The first kappa shape index (κ1) is 38.6. The second-order valence-corrected chi connectivity index (χ2v) is 55.0. The molecule has 0 amide bonds. The molecule has 8 rings (SSSR count). The van der Waals surface area contributed by atoms with Crippen molar-refractivity contribution in [2.24, 2.45) is 0 Å². The predicted molar refractivity (Wildman–Crippen MR) is 240 cm³/mol. The minimum absolute atomic E-state index is 0.0505. The number of allylic oxidation sites excluding steroid dienone is 1. The number of hydrogen-bond donors (Lipinski definition) is 0. The van der Waals surface area contributed by atoms with Crippen molar-refractivity contribution in [1.82, 2.24) is 0 Å². The van der Waals surface area contributed by atoms with Gasteiger partial charge in [-0.25, -0.2) is 0 Å². The fraction of sp³-hybridized carbons (Fsp3) is 0.255. The van der Waals surface area contributed by atoms with Gasteiger partial charge >= 0.3 is 341 Å². The fourth-order valence-electron chi connectivity index (χ4n) is 9.93. The summed E-state index contributed by atoms with van der Waals surface area (Å²) in [7, 11) is 18.9. The van der Waals surface area contributed by atoms with Crippen LogP contribution in [0.1, 0.15) is 98.3 Å². The number of rotatable bonds is 8. The molecule has 279 valence electrons. The molecule has 6 aromatic rings. The normalized spacial score (nSPS) is 15.9. The van der Waals surface area contributed by atoms with Crippen LogP contribution >= 0.6 is 17.0 Å². The summed E-state index contributed by atoms with van der Waals surface area (Å²) in [5.41, 5.74) is 14.4. The van der Waals surface area contributed by atoms with E-state index in [0.29, 0.717) is 0 Å². The molecule has 0 spiro atoms. The van der Waals surface area contributed by atoms with Crippen LogP contribution in [-0.4, -0.2) is 5.92 Å². The molecule has 0 bridgehead atoms. The van der Waals surface area contributed by atoms with Crippen LogP contribution in [0.3, 0.4) is 0 Å². The predicted octanol–water partition coefficient (Wildman–Crippen LogP) is 12.6. The van der Waals surface area contributed by atoms with Crippen LogP contribution in [0.25, 0.3) is 28.3 Å². The molecule has 2 aliphatic carbocycles. The van der Waals surface area contributed by atoms with Gasteiger partial charge in [-0.3, -0.25) is 0 Å². The fourth-order valence-corrected chi connectivity index (χ4v) is 58.0. The van der Waals surface area contributed by atoms with E-state index in [0.717, 1.165) is 19.3 Å². The molecule has 1 atom stereocenters. The Morgan fingerprint density at radius 3 is 1.82 bits per heavy atom. The van der Waals surface area contributed by atoms with E-state index in [9.17, 15) is 17.0 Å². The van der Waals surface area contributed by atoms with Crippen molar-refractivity contribution in [3.63, 3.8) is 0 Å². The SMILES string of the molecule is CCCC1=Cc2c(-c3ccccc3)cccc2[CH]1[Zr]([Cl])([Cl])([c]1c(C(C)(C)C)ccc2c1Cc1cc(C(C)(C)C)ccc1-2)[SiH](c1ccccc1)c1ccccc1. The summed E-state index contributed by atoms with van der Waals surface area (Å²) in [5, 5.41) is 2.66. The molecule has 0 fully saturated rings. The van der Waals surface area contributed by atoms with E-state index in [2.05, 4.69) is 194 Å². The van der Waals surface area contributed by atoms with Gasteiger partial charge in [-0.05, 0) is 0 Å². The van der Waals surface area contributed by atoms with Crippen LogP contribution in [0.5, 0.6) is 0 Å². The van der Waals surface area contributed by atoms with Crippen molar-refractivity contribution in [3.05, 3.63) is 178 Å². The van der Waals surface area contributed by atoms with E-state index in [-0.39, 0.29) is 14.5 Å². The monoisotopic (exact) mass is 853 g/mol. The Balaban J connectivity index is 1.53. The summed E-state index contributed by atoms with van der Waals surface area (Å²) in [5.74, 6) is -2.46. The van der Waals surface area contributed by atoms with Crippen LogP contribution in [0.2, 0.25) is 0 Å². The van der Waals surface area contributed by atoms with Gasteiger partial charge in [0.15, 0.2) is 0 Å². The standard InChI is InChI=1S/C21H25.C18H17.C12H11Si.2ClH.Zr/c1-20(2,3)16-7-9-18-14(12-16)11-15-13-17(21(4,5)6)8-10-19(15)18;1-2-7-14-12-16-10-6-11-17(18(16)13-14)15-8-4-3-5-9-15;1-3-7-11(8-4-1)13-12-9-5-2-6-10-12;;;/h7-10,12H,11H2,1-6H3;3-6,8-13H,2,7H2,1H3;1-10,13H;2*1H;/q;;;;;+2/p-2. The van der Waals surface area contributed by atoms with Crippen LogP contribution < -0.4 is 13.6 Å². The second-order valence-electron chi connectivity index (χ2n) is 18.0. The Kier molecular flexibility index (Phi) is 10.0. The van der Waals surface area contributed by atoms with Crippen molar-refractivity contribution >= 4 is 42.7 Å². The third-order valence-electron chi connectivity index (χ3n) is 12.3. The molecule has 0 radical (unpaired) electrons. The Morgan fingerprint density at radius 2 is 1.24 bits per heavy atom. The summed E-state index contributed by atoms with van der Waals surface area (Å²) in [6, 6.07) is 52.2. The van der Waals surface area contributed by atoms with Crippen LogP contribution in [0.4, 0.5) is 0 Å². The van der Waals surface area contributed by atoms with Gasteiger partial charge in [0.05, 0.1) is 0 Å². The first-order chi connectivity index (χ1) is 26.2. The van der Waals surface area contributed by atoms with E-state index in [1.54, 1.807) is 0 Å². The van der Waals surface area contributed by atoms with Crippen molar-refractivity contribution < 1.29 is 15.6 Å². The topological polar surface area (TPSA) is 0 Å². The molecular formula is C51H53Cl2SiZr. The van der Waals surface area contributed by atoms with Crippen molar-refractivity contribution in [2.75, 3.05) is 0 Å². The molecule has 1 unspecified atom stereocenters. The van der Waals surface area contributed by atoms with Gasteiger partial charge < -0.3 is 0 Å². The van der Waals surface area contributed by atoms with Gasteiger partial charge in [0.25, 0.3) is 0 Å². The molecule has 0 N–H and O–H groups in total. The molecule has 0 saturated heterocycles. The second kappa shape index (κ2) is 14.3. The molecule has 2 aliphatic rings. The van der Waals surface area contributed by atoms with Gasteiger partial charge in [0.2, 0.25) is 0 Å². The first-order valence-electron chi connectivity index (χ1n) is 20.1. The van der Waals surface area contributed by atoms with Crippen LogP contribution in [0.15, 0.2) is 145 Å². The molecular weight excluding hydrogens is 803 g/mol. The Bertz CT molecular complexity index is 2380. The van der Waals surface area contributed by atoms with Crippen LogP contribution in [-0.2, 0) is 32.8 Å². The van der Waals surface area contributed by atoms with Gasteiger partial charge in [0, 0.05) is 0 Å². The molecule has 0 heterocycles. The number of fused-ring (bicyclic) bond motifs is 4. The third kappa shape index (κ3) is 6.54. The zero-order chi connectivity index (χ0) is 38.8. The van der Waals surface area contributed by atoms with E-state index in [1.165, 1.54) is 74.9 Å². The molecule has 6 aromatic carbocycles. The average Bonchev–Trinajstić information content (AvgIpc) is 3.73. The van der Waals surface area contributed by atoms with Gasteiger partial charge in [0.1, 0.15) is 0 Å². The van der Waals surface area contributed by atoms with Gasteiger partial charge in [-0.1, -0.05) is 0 Å². The maximum absolute atomic E-state index is 9.46. The zero-order valence-corrected chi connectivity index (χ0v) is 38.5. The number of halogens is 2. The van der Waals surface area contributed by atoms with E-state index < -0.39 is 21.5 Å². The Labute approximate surface area is 338 Å². The van der Waals surface area contributed by atoms with Crippen molar-refractivity contribution in [2.45, 2.75) is 82.2 Å². The van der Waals surface area contributed by atoms with Crippen LogP contribution in [0, 0.1) is 0 Å². The summed E-state index contributed by atoms with van der Waals surface area (Å²) in [6.07, 6.45) is 5.34. The first-order valence-corrected chi connectivity index (χ1v) is 35.0. The summed E-state index contributed by atoms with van der Waals surface area (Å²) in [4.78, 5) is 0. The molecule has 55 heavy (non-hydrogen) atoms. The summed E-state index contributed by atoms with van der Waals surface area (Å²) < 4.78 is 1.25. The van der Waals surface area contributed by atoms with Crippen molar-refractivity contribution in [1.29, 1.82) is 0 Å². The number of hydrogen-bond acceptors (Lipinski definition) is 0. The zero-order valence-electron chi connectivity index (χ0n) is 33.4. The summed E-state index contributed by atoms with van der Waals surface area (Å²) >= 11 is -5.66. The van der Waals surface area contributed by atoms with Gasteiger partial charge in [-0.2, -0.15) is 0 Å². The molecule has 4 heteroatoms. The summed E-state index contributed by atoms with van der Waals surface area (Å²) in [6.45, 7) is 16.3. The molecule has 0 aromatic heterocycles. The Morgan fingerprint density at radius 1 is 0.636 bits per heavy atom. The quantitative estimate of drug-likeness (QED) is 0.134. The maximum atomic E-state index is 9.46. The molecule has 0 nitrogen and oxygen atoms in total. The van der Waals surface area contributed by atoms with E-state index in [4.69, 9.17) is 0 Å². The average molecular weight is 856 g/mol. The third-order valence-corrected chi connectivity index (χ3v) is 52.5. The van der Waals surface area contributed by atoms with E-state index in [1.807, 2.05) is 0 Å². The minimum atomic E-state index is -5.66. The van der Waals surface area contributed by atoms with Gasteiger partial charge in [-0.15, -0.1) is 0 Å². The number of benzene rings is 6. The molecule has 0 aliphatic heterocycles.